The van der Waals surface area contributed by atoms with Crippen LogP contribution in [0.15, 0.2) is 18.3 Å². The molecule has 1 unspecified atom stereocenters. The highest BCUT2D eigenvalue weighted by Crippen LogP contribution is 2.23. The molecule has 0 aromatic carbocycles. The van der Waals surface area contributed by atoms with Crippen LogP contribution < -0.4 is 9.64 Å². The molecule has 2 aliphatic heterocycles. The largest absolute Gasteiger partial charge is 0.497 e. The summed E-state index contributed by atoms with van der Waals surface area (Å²) in [6, 6.07) is 3.74. The van der Waals surface area contributed by atoms with Crippen molar-refractivity contribution in [3.05, 3.63) is 18.3 Å². The van der Waals surface area contributed by atoms with Gasteiger partial charge in [-0.3, -0.25) is 9.59 Å². The quantitative estimate of drug-likeness (QED) is 0.790. The van der Waals surface area contributed by atoms with Gasteiger partial charge in [-0.2, -0.15) is 0 Å². The predicted molar refractivity (Wildman–Crippen MR) is 99.1 cm³/mol. The Labute approximate surface area is 154 Å². The summed E-state index contributed by atoms with van der Waals surface area (Å²) in [6.07, 6.45) is 2.09. The van der Waals surface area contributed by atoms with Crippen molar-refractivity contribution in [2.75, 3.05) is 51.3 Å². The minimum absolute atomic E-state index is 0.108. The summed E-state index contributed by atoms with van der Waals surface area (Å²) in [5.74, 6) is 2.10. The van der Waals surface area contributed by atoms with E-state index in [9.17, 15) is 9.59 Å². The number of hydrogen-bond acceptors (Lipinski definition) is 5. The van der Waals surface area contributed by atoms with E-state index in [0.29, 0.717) is 32.0 Å². The lowest BCUT2D eigenvalue weighted by Crippen LogP contribution is -2.51. The summed E-state index contributed by atoms with van der Waals surface area (Å²) in [5, 5.41) is 0. The first kappa shape index (κ1) is 18.5. The van der Waals surface area contributed by atoms with Crippen LogP contribution in [0.4, 0.5) is 5.82 Å². The van der Waals surface area contributed by atoms with Gasteiger partial charge in [0.05, 0.1) is 13.0 Å². The van der Waals surface area contributed by atoms with Gasteiger partial charge in [-0.25, -0.2) is 4.98 Å². The number of methoxy groups -OCH3 is 1. The van der Waals surface area contributed by atoms with Crippen LogP contribution in [0.1, 0.15) is 20.3 Å². The zero-order chi connectivity index (χ0) is 18.7. The van der Waals surface area contributed by atoms with E-state index < -0.39 is 0 Å². The van der Waals surface area contributed by atoms with Gasteiger partial charge >= 0.3 is 0 Å². The van der Waals surface area contributed by atoms with Crippen molar-refractivity contribution in [1.82, 2.24) is 14.8 Å². The molecule has 7 nitrogen and oxygen atoms in total. The number of carbonyl (C=O) groups excluding carboxylic acids is 2. The van der Waals surface area contributed by atoms with Gasteiger partial charge in [-0.05, 0) is 12.0 Å². The van der Waals surface area contributed by atoms with Crippen LogP contribution in [0.5, 0.6) is 5.75 Å². The first-order valence-electron chi connectivity index (χ1n) is 9.29. The zero-order valence-corrected chi connectivity index (χ0v) is 15.9. The molecular formula is C19H28N4O3. The van der Waals surface area contributed by atoms with Crippen LogP contribution in [0, 0.1) is 11.8 Å². The number of likely N-dealkylation sites (tertiary alicyclic amines) is 1. The molecule has 0 radical (unpaired) electrons. The number of carbonyl (C=O) groups is 2. The molecule has 2 fully saturated rings. The van der Waals surface area contributed by atoms with Crippen molar-refractivity contribution in [3.63, 3.8) is 0 Å². The highest BCUT2D eigenvalue weighted by molar-refractivity contribution is 5.89. The minimum Gasteiger partial charge on any atom is -0.497 e. The summed E-state index contributed by atoms with van der Waals surface area (Å²) in [7, 11) is 1.64. The second-order valence-electron chi connectivity index (χ2n) is 7.46. The Morgan fingerprint density at radius 2 is 2.04 bits per heavy atom. The van der Waals surface area contributed by atoms with Crippen molar-refractivity contribution < 1.29 is 14.3 Å². The molecule has 2 amide bonds. The molecule has 0 bridgehead atoms. The predicted octanol–water partition coefficient (Wildman–Crippen LogP) is 1.24. The third-order valence-electron chi connectivity index (χ3n) is 5.02. The molecule has 7 heteroatoms. The smallest absolute Gasteiger partial charge is 0.228 e. The lowest BCUT2D eigenvalue weighted by atomic mass is 10.1. The van der Waals surface area contributed by atoms with E-state index >= 15 is 0 Å². The van der Waals surface area contributed by atoms with Crippen LogP contribution in [-0.4, -0.2) is 73.0 Å². The number of ether oxygens (including phenoxy) is 1. The number of amides is 2. The lowest BCUT2D eigenvalue weighted by molar-refractivity contribution is -0.136. The lowest BCUT2D eigenvalue weighted by Gasteiger charge is -2.36. The standard InChI is InChI=1S/C19H28N4O3/c1-14(2)12-23-13-15(10-18(23)24)19(25)22-8-6-21(7-9-22)17-11-16(26-3)4-5-20-17/h4-5,11,14-15H,6-10,12-13H2,1-3H3. The summed E-state index contributed by atoms with van der Waals surface area (Å²) in [5.41, 5.74) is 0. The Morgan fingerprint density at radius 1 is 1.31 bits per heavy atom. The molecular weight excluding hydrogens is 332 g/mol. The van der Waals surface area contributed by atoms with Gasteiger partial charge in [-0.15, -0.1) is 0 Å². The van der Waals surface area contributed by atoms with Crippen molar-refractivity contribution in [1.29, 1.82) is 0 Å². The minimum atomic E-state index is -0.192. The normalized spacial score (nSPS) is 20.8. The van der Waals surface area contributed by atoms with Crippen LogP contribution in [0.3, 0.4) is 0 Å². The van der Waals surface area contributed by atoms with Gasteiger partial charge in [0, 0.05) is 58.0 Å². The average Bonchev–Trinajstić information content (AvgIpc) is 3.01. The molecule has 1 atom stereocenters. The molecule has 3 heterocycles. The summed E-state index contributed by atoms with van der Waals surface area (Å²) >= 11 is 0. The van der Waals surface area contributed by atoms with Crippen molar-refractivity contribution in [3.8, 4) is 5.75 Å². The molecule has 0 N–H and O–H groups in total. The highest BCUT2D eigenvalue weighted by Gasteiger charge is 2.37. The SMILES string of the molecule is COc1ccnc(N2CCN(C(=O)C3CC(=O)N(CC(C)C)C3)CC2)c1. The van der Waals surface area contributed by atoms with Gasteiger partial charge < -0.3 is 19.4 Å². The Balaban J connectivity index is 1.54. The Kier molecular flexibility index (Phi) is 5.64. The van der Waals surface area contributed by atoms with Crippen molar-refractivity contribution in [2.24, 2.45) is 11.8 Å². The Morgan fingerprint density at radius 3 is 2.69 bits per heavy atom. The van der Waals surface area contributed by atoms with Crippen LogP contribution in [-0.2, 0) is 9.59 Å². The third kappa shape index (κ3) is 4.08. The molecule has 142 valence electrons. The fraction of sp³-hybridized carbons (Fsp3) is 0.632. The number of rotatable bonds is 5. The van der Waals surface area contributed by atoms with Crippen LogP contribution in [0.2, 0.25) is 0 Å². The number of anilines is 1. The fourth-order valence-corrected chi connectivity index (χ4v) is 3.67. The van der Waals surface area contributed by atoms with Crippen LogP contribution >= 0.6 is 0 Å². The van der Waals surface area contributed by atoms with E-state index in [1.54, 1.807) is 13.3 Å². The number of pyridine rings is 1. The Hall–Kier alpha value is -2.31. The van der Waals surface area contributed by atoms with E-state index in [1.807, 2.05) is 21.9 Å². The molecule has 26 heavy (non-hydrogen) atoms. The topological polar surface area (TPSA) is 66.0 Å². The molecule has 0 aliphatic carbocycles. The van der Waals surface area contributed by atoms with Crippen LogP contribution in [0.25, 0.3) is 0 Å². The van der Waals surface area contributed by atoms with Gasteiger partial charge in [0.25, 0.3) is 0 Å². The molecule has 3 rings (SSSR count). The van der Waals surface area contributed by atoms with E-state index in [2.05, 4.69) is 23.7 Å². The van der Waals surface area contributed by atoms with Gasteiger partial charge in [0.15, 0.2) is 0 Å². The number of hydrogen-bond donors (Lipinski definition) is 0. The third-order valence-corrected chi connectivity index (χ3v) is 5.02. The molecule has 0 saturated carbocycles. The van der Waals surface area contributed by atoms with Gasteiger partial charge in [0.2, 0.25) is 11.8 Å². The number of aromatic nitrogens is 1. The van der Waals surface area contributed by atoms with Gasteiger partial charge in [0.1, 0.15) is 11.6 Å². The maximum Gasteiger partial charge on any atom is 0.228 e. The van der Waals surface area contributed by atoms with E-state index in [1.165, 1.54) is 0 Å². The average molecular weight is 360 g/mol. The van der Waals surface area contributed by atoms with E-state index in [-0.39, 0.29) is 17.7 Å². The molecule has 2 saturated heterocycles. The second kappa shape index (κ2) is 7.93. The summed E-state index contributed by atoms with van der Waals surface area (Å²) in [4.78, 5) is 35.2. The van der Waals surface area contributed by atoms with Gasteiger partial charge in [-0.1, -0.05) is 13.8 Å². The summed E-state index contributed by atoms with van der Waals surface area (Å²) < 4.78 is 5.25. The number of nitrogens with zero attached hydrogens (tertiary/aromatic N) is 4. The molecule has 2 aliphatic rings. The number of piperazine rings is 1. The van der Waals surface area contributed by atoms with Crippen molar-refractivity contribution >= 4 is 17.6 Å². The maximum atomic E-state index is 12.8. The molecule has 1 aromatic rings. The zero-order valence-electron chi connectivity index (χ0n) is 15.9. The molecule has 0 spiro atoms. The monoisotopic (exact) mass is 360 g/mol. The maximum absolute atomic E-state index is 12.8. The second-order valence-corrected chi connectivity index (χ2v) is 7.46. The molecule has 1 aromatic heterocycles. The van der Waals surface area contributed by atoms with E-state index in [0.717, 1.165) is 31.2 Å². The highest BCUT2D eigenvalue weighted by atomic mass is 16.5. The summed E-state index contributed by atoms with van der Waals surface area (Å²) in [6.45, 7) is 8.28. The first-order valence-corrected chi connectivity index (χ1v) is 9.29. The Bertz CT molecular complexity index is 656. The first-order chi connectivity index (χ1) is 12.5. The fourth-order valence-electron chi connectivity index (χ4n) is 3.67. The van der Waals surface area contributed by atoms with E-state index in [4.69, 9.17) is 4.74 Å². The van der Waals surface area contributed by atoms with Crippen molar-refractivity contribution in [2.45, 2.75) is 20.3 Å².